The summed E-state index contributed by atoms with van der Waals surface area (Å²) in [5.74, 6) is 0. The molecule has 0 aliphatic carbocycles. The van der Waals surface area contributed by atoms with E-state index in [0.717, 1.165) is 12.3 Å². The van der Waals surface area contributed by atoms with Gasteiger partial charge in [0.1, 0.15) is 0 Å². The zero-order chi connectivity index (χ0) is 12.8. The molecular weight excluding hydrogens is 281 g/mol. The fourth-order valence-electron chi connectivity index (χ4n) is 1.39. The first-order valence-corrected chi connectivity index (χ1v) is 6.49. The smallest absolute Gasteiger partial charge is 0.277 e. The molecular formula is C8H4ClF3N2O2S. The van der Waals surface area contributed by atoms with Crippen LogP contribution in [0, 0.1) is 0 Å². The van der Waals surface area contributed by atoms with Gasteiger partial charge in [-0.2, -0.15) is 18.3 Å². The Labute approximate surface area is 97.8 Å². The van der Waals surface area contributed by atoms with Crippen LogP contribution in [-0.2, 0) is 15.2 Å². The van der Waals surface area contributed by atoms with Crippen LogP contribution in [0.2, 0.25) is 0 Å². The number of alkyl halides is 3. The van der Waals surface area contributed by atoms with Gasteiger partial charge in [-0.3, -0.25) is 5.10 Å². The SMILES string of the molecule is O=S(=O)(Cl)c1cc(C(F)(F)F)c2[nH]ncc2c1. The van der Waals surface area contributed by atoms with Gasteiger partial charge in [0, 0.05) is 16.1 Å². The number of halogens is 4. The predicted molar refractivity (Wildman–Crippen MR) is 54.1 cm³/mol. The third-order valence-electron chi connectivity index (χ3n) is 2.11. The molecule has 1 aromatic carbocycles. The molecule has 0 atom stereocenters. The first-order valence-electron chi connectivity index (χ1n) is 4.18. The minimum Gasteiger partial charge on any atom is -0.277 e. The number of aromatic nitrogens is 2. The first-order chi connectivity index (χ1) is 7.69. The Morgan fingerprint density at radius 1 is 1.29 bits per heavy atom. The summed E-state index contributed by atoms with van der Waals surface area (Å²) >= 11 is 0. The van der Waals surface area contributed by atoms with Crippen LogP contribution in [0.25, 0.3) is 10.9 Å². The Hall–Kier alpha value is -1.28. The minimum absolute atomic E-state index is 0.0269. The molecule has 1 N–H and O–H groups in total. The van der Waals surface area contributed by atoms with E-state index in [-0.39, 0.29) is 10.9 Å². The number of benzene rings is 1. The van der Waals surface area contributed by atoms with E-state index in [1.165, 1.54) is 0 Å². The van der Waals surface area contributed by atoms with Gasteiger partial charge in [-0.25, -0.2) is 8.42 Å². The second-order valence-electron chi connectivity index (χ2n) is 3.24. The molecule has 1 heterocycles. The average Bonchev–Trinajstić information content (AvgIpc) is 2.59. The summed E-state index contributed by atoms with van der Waals surface area (Å²) in [6.07, 6.45) is -3.60. The van der Waals surface area contributed by atoms with Crippen molar-refractivity contribution >= 4 is 30.6 Å². The molecule has 1 aromatic heterocycles. The Kier molecular flexibility index (Phi) is 2.58. The maximum absolute atomic E-state index is 12.7. The summed E-state index contributed by atoms with van der Waals surface area (Å²) in [7, 11) is 0.798. The molecule has 0 aliphatic heterocycles. The second kappa shape index (κ2) is 3.61. The normalized spacial score (nSPS) is 13.2. The van der Waals surface area contributed by atoms with Crippen LogP contribution in [0.3, 0.4) is 0 Å². The summed E-state index contributed by atoms with van der Waals surface area (Å²) in [6, 6.07) is 1.50. The maximum Gasteiger partial charge on any atom is 0.418 e. The number of hydrogen-bond donors (Lipinski definition) is 1. The van der Waals surface area contributed by atoms with Gasteiger partial charge in [0.2, 0.25) is 0 Å². The van der Waals surface area contributed by atoms with Crippen LogP contribution in [0.5, 0.6) is 0 Å². The number of H-pyrrole nitrogens is 1. The van der Waals surface area contributed by atoms with Crippen LogP contribution in [-0.4, -0.2) is 18.6 Å². The number of nitrogens with one attached hydrogen (secondary N) is 1. The number of rotatable bonds is 1. The molecule has 0 unspecified atom stereocenters. The van der Waals surface area contributed by atoms with E-state index in [4.69, 9.17) is 10.7 Å². The molecule has 0 amide bonds. The topological polar surface area (TPSA) is 62.8 Å². The Morgan fingerprint density at radius 3 is 2.47 bits per heavy atom. The third-order valence-corrected chi connectivity index (χ3v) is 3.44. The summed E-state index contributed by atoms with van der Waals surface area (Å²) in [6.45, 7) is 0. The molecule has 2 rings (SSSR count). The van der Waals surface area contributed by atoms with Gasteiger partial charge in [-0.1, -0.05) is 0 Å². The second-order valence-corrected chi connectivity index (χ2v) is 5.81. The quantitative estimate of drug-likeness (QED) is 0.819. The maximum atomic E-state index is 12.7. The van der Waals surface area contributed by atoms with E-state index in [1.54, 1.807) is 0 Å². The summed E-state index contributed by atoms with van der Waals surface area (Å²) < 4.78 is 60.1. The van der Waals surface area contributed by atoms with Gasteiger partial charge in [-0.15, -0.1) is 0 Å². The van der Waals surface area contributed by atoms with Crippen LogP contribution in [0.15, 0.2) is 23.2 Å². The highest BCUT2D eigenvalue weighted by molar-refractivity contribution is 8.13. The Balaban J connectivity index is 2.86. The molecule has 0 saturated heterocycles. The lowest BCUT2D eigenvalue weighted by atomic mass is 10.1. The molecule has 0 radical (unpaired) electrons. The molecule has 0 aliphatic rings. The molecule has 0 bridgehead atoms. The predicted octanol–water partition coefficient (Wildman–Crippen LogP) is 2.51. The van der Waals surface area contributed by atoms with E-state index >= 15 is 0 Å². The van der Waals surface area contributed by atoms with E-state index in [9.17, 15) is 21.6 Å². The summed E-state index contributed by atoms with van der Waals surface area (Å²) in [5.41, 5.74) is -1.40. The summed E-state index contributed by atoms with van der Waals surface area (Å²) in [4.78, 5) is -0.611. The van der Waals surface area contributed by atoms with Crippen LogP contribution in [0.4, 0.5) is 13.2 Å². The van der Waals surface area contributed by atoms with Gasteiger partial charge in [-0.05, 0) is 12.1 Å². The van der Waals surface area contributed by atoms with Crippen molar-refractivity contribution in [3.63, 3.8) is 0 Å². The number of hydrogen-bond acceptors (Lipinski definition) is 3. The molecule has 17 heavy (non-hydrogen) atoms. The number of nitrogens with zero attached hydrogens (tertiary/aromatic N) is 1. The van der Waals surface area contributed by atoms with Gasteiger partial charge in [0.15, 0.2) is 0 Å². The molecule has 4 nitrogen and oxygen atoms in total. The fraction of sp³-hybridized carbons (Fsp3) is 0.125. The molecule has 2 aromatic rings. The van der Waals surface area contributed by atoms with E-state index in [1.807, 2.05) is 0 Å². The number of aromatic amines is 1. The molecule has 0 spiro atoms. The van der Waals surface area contributed by atoms with Crippen molar-refractivity contribution < 1.29 is 21.6 Å². The molecule has 0 fully saturated rings. The van der Waals surface area contributed by atoms with E-state index in [2.05, 4.69) is 10.2 Å². The van der Waals surface area contributed by atoms with Crippen molar-refractivity contribution in [2.45, 2.75) is 11.1 Å². The zero-order valence-corrected chi connectivity index (χ0v) is 9.49. The van der Waals surface area contributed by atoms with Crippen molar-refractivity contribution in [1.29, 1.82) is 0 Å². The summed E-state index contributed by atoms with van der Waals surface area (Å²) in [5, 5.41) is 5.63. The van der Waals surface area contributed by atoms with Crippen molar-refractivity contribution in [3.05, 3.63) is 23.9 Å². The Morgan fingerprint density at radius 2 is 1.94 bits per heavy atom. The molecule has 92 valence electrons. The third kappa shape index (κ3) is 2.22. The van der Waals surface area contributed by atoms with Crippen molar-refractivity contribution in [1.82, 2.24) is 10.2 Å². The van der Waals surface area contributed by atoms with Crippen molar-refractivity contribution in [3.8, 4) is 0 Å². The largest absolute Gasteiger partial charge is 0.418 e. The molecule has 9 heteroatoms. The average molecular weight is 285 g/mol. The zero-order valence-electron chi connectivity index (χ0n) is 7.92. The van der Waals surface area contributed by atoms with Crippen LogP contribution < -0.4 is 0 Å². The van der Waals surface area contributed by atoms with E-state index < -0.39 is 25.7 Å². The highest BCUT2D eigenvalue weighted by atomic mass is 35.7. The minimum atomic E-state index is -4.69. The Bertz CT molecular complexity index is 678. The van der Waals surface area contributed by atoms with Crippen molar-refractivity contribution in [2.24, 2.45) is 0 Å². The van der Waals surface area contributed by atoms with Gasteiger partial charge in [0.25, 0.3) is 9.05 Å². The van der Waals surface area contributed by atoms with Gasteiger partial charge >= 0.3 is 6.18 Å². The lowest BCUT2D eigenvalue weighted by Crippen LogP contribution is -2.07. The van der Waals surface area contributed by atoms with Gasteiger partial charge < -0.3 is 0 Å². The first kappa shape index (κ1) is 12.2. The lowest BCUT2D eigenvalue weighted by molar-refractivity contribution is -0.136. The van der Waals surface area contributed by atoms with Crippen LogP contribution in [0.1, 0.15) is 5.56 Å². The standard InChI is InChI=1S/C8H4ClF3N2O2S/c9-17(15,16)5-1-4-3-13-14-7(4)6(2-5)8(10,11)12/h1-3H,(H,13,14). The highest BCUT2D eigenvalue weighted by Crippen LogP contribution is 2.36. The van der Waals surface area contributed by atoms with Crippen LogP contribution >= 0.6 is 10.7 Å². The van der Waals surface area contributed by atoms with Gasteiger partial charge in [0.05, 0.1) is 22.2 Å². The van der Waals surface area contributed by atoms with E-state index in [0.29, 0.717) is 6.07 Å². The fourth-order valence-corrected chi connectivity index (χ4v) is 2.19. The molecule has 0 saturated carbocycles. The monoisotopic (exact) mass is 284 g/mol. The van der Waals surface area contributed by atoms with Crippen molar-refractivity contribution in [2.75, 3.05) is 0 Å². The number of fused-ring (bicyclic) bond motifs is 1. The lowest BCUT2D eigenvalue weighted by Gasteiger charge is -2.08. The highest BCUT2D eigenvalue weighted by Gasteiger charge is 2.34.